The zero-order chi connectivity index (χ0) is 8.81. The minimum Gasteiger partial charge on any atom is -0.500 e. The van der Waals surface area contributed by atoms with Gasteiger partial charge in [0.25, 0.3) is 0 Å². The van der Waals surface area contributed by atoms with E-state index in [4.69, 9.17) is 4.74 Å². The van der Waals surface area contributed by atoms with Crippen molar-refractivity contribution in [2.24, 2.45) is 0 Å². The Kier molecular flexibility index (Phi) is 4.59. The van der Waals surface area contributed by atoms with Crippen LogP contribution in [-0.4, -0.2) is 17.6 Å². The van der Waals surface area contributed by atoms with Crippen molar-refractivity contribution in [1.82, 2.24) is 0 Å². The molecule has 12 heavy (non-hydrogen) atoms. The predicted octanol–water partition coefficient (Wildman–Crippen LogP) is 3.21. The summed E-state index contributed by atoms with van der Waals surface area (Å²) >= 11 is 2.06. The topological polar surface area (TPSA) is 9.23 Å². The molecule has 1 fully saturated rings. The lowest BCUT2D eigenvalue weighted by molar-refractivity contribution is 0.242. The molecule has 2 heteroatoms. The smallest absolute Gasteiger partial charge is 0.0991 e. The Morgan fingerprint density at radius 2 is 2.33 bits per heavy atom. The van der Waals surface area contributed by atoms with Gasteiger partial charge in [0, 0.05) is 5.25 Å². The summed E-state index contributed by atoms with van der Waals surface area (Å²) in [6, 6.07) is 0. The first kappa shape index (κ1) is 9.97. The zero-order valence-electron chi connectivity index (χ0n) is 8.01. The highest BCUT2D eigenvalue weighted by Gasteiger charge is 2.13. The molecule has 0 aromatic rings. The van der Waals surface area contributed by atoms with Gasteiger partial charge in [0.2, 0.25) is 0 Å². The Balaban J connectivity index is 2.09. The monoisotopic (exact) mass is 186 g/mol. The lowest BCUT2D eigenvalue weighted by Crippen LogP contribution is -2.14. The average Bonchev–Trinajstić information content (AvgIpc) is 2.05. The minimum absolute atomic E-state index is 0.745. The molecule has 0 N–H and O–H groups in total. The zero-order valence-corrected chi connectivity index (χ0v) is 8.82. The summed E-state index contributed by atoms with van der Waals surface area (Å²) < 4.78 is 5.45. The molecule has 1 aliphatic rings. The quantitative estimate of drug-likeness (QED) is 0.626. The molecule has 0 aromatic carbocycles. The fourth-order valence-corrected chi connectivity index (χ4v) is 2.47. The third-order valence-corrected chi connectivity index (χ3v) is 3.24. The van der Waals surface area contributed by atoms with Crippen LogP contribution in [0.15, 0.2) is 11.8 Å². The first-order chi connectivity index (χ1) is 5.79. The molecule has 1 nitrogen and oxygen atoms in total. The minimum atomic E-state index is 0.745. The van der Waals surface area contributed by atoms with Crippen LogP contribution in [0.2, 0.25) is 0 Å². The SMILES string of the molecule is CC(C)=COCC1CCCCS1. The Hall–Kier alpha value is -0.110. The van der Waals surface area contributed by atoms with Gasteiger partial charge in [-0.1, -0.05) is 6.42 Å². The third-order valence-electron chi connectivity index (χ3n) is 1.88. The van der Waals surface area contributed by atoms with E-state index in [-0.39, 0.29) is 0 Å². The average molecular weight is 186 g/mol. The van der Waals surface area contributed by atoms with Crippen LogP contribution in [-0.2, 0) is 4.74 Å². The van der Waals surface area contributed by atoms with Gasteiger partial charge in [0.15, 0.2) is 0 Å². The molecule has 0 aliphatic carbocycles. The van der Waals surface area contributed by atoms with E-state index in [1.165, 1.54) is 30.6 Å². The molecule has 1 saturated heterocycles. The lowest BCUT2D eigenvalue weighted by Gasteiger charge is -2.20. The van der Waals surface area contributed by atoms with E-state index in [1.807, 2.05) is 6.26 Å². The van der Waals surface area contributed by atoms with Crippen LogP contribution in [0.4, 0.5) is 0 Å². The van der Waals surface area contributed by atoms with Gasteiger partial charge in [-0.3, -0.25) is 0 Å². The van der Waals surface area contributed by atoms with E-state index >= 15 is 0 Å². The van der Waals surface area contributed by atoms with Gasteiger partial charge >= 0.3 is 0 Å². The summed E-state index contributed by atoms with van der Waals surface area (Å²) in [6.45, 7) is 5.03. The van der Waals surface area contributed by atoms with Crippen LogP contribution in [0.5, 0.6) is 0 Å². The maximum absolute atomic E-state index is 5.45. The number of ether oxygens (including phenoxy) is 1. The fraction of sp³-hybridized carbons (Fsp3) is 0.800. The van der Waals surface area contributed by atoms with Crippen LogP contribution < -0.4 is 0 Å². The van der Waals surface area contributed by atoms with Crippen molar-refractivity contribution in [3.05, 3.63) is 11.8 Å². The number of thioether (sulfide) groups is 1. The third kappa shape index (κ3) is 4.05. The van der Waals surface area contributed by atoms with Crippen molar-refractivity contribution < 1.29 is 4.74 Å². The summed E-state index contributed by atoms with van der Waals surface area (Å²) in [5.74, 6) is 1.32. The number of hydrogen-bond donors (Lipinski definition) is 0. The Morgan fingerprint density at radius 1 is 1.50 bits per heavy atom. The molecule has 1 aliphatic heterocycles. The normalized spacial score (nSPS) is 23.3. The Morgan fingerprint density at radius 3 is 2.92 bits per heavy atom. The van der Waals surface area contributed by atoms with Crippen molar-refractivity contribution >= 4 is 11.8 Å². The molecule has 1 rings (SSSR count). The standard InChI is InChI=1S/C10H18OS/c1-9(2)7-11-8-10-5-3-4-6-12-10/h7,10H,3-6,8H2,1-2H3. The molecule has 70 valence electrons. The molecule has 1 atom stereocenters. The van der Waals surface area contributed by atoms with Crippen LogP contribution in [0.1, 0.15) is 33.1 Å². The maximum Gasteiger partial charge on any atom is 0.0991 e. The first-order valence-corrected chi connectivity index (χ1v) is 5.70. The van der Waals surface area contributed by atoms with Gasteiger partial charge in [0.05, 0.1) is 12.9 Å². The number of hydrogen-bond acceptors (Lipinski definition) is 2. The number of rotatable bonds is 3. The van der Waals surface area contributed by atoms with Gasteiger partial charge in [-0.2, -0.15) is 11.8 Å². The molecule has 1 heterocycles. The van der Waals surface area contributed by atoms with E-state index in [0.29, 0.717) is 0 Å². The number of allylic oxidation sites excluding steroid dienone is 1. The van der Waals surface area contributed by atoms with E-state index in [9.17, 15) is 0 Å². The predicted molar refractivity (Wildman–Crippen MR) is 55.5 cm³/mol. The largest absolute Gasteiger partial charge is 0.500 e. The van der Waals surface area contributed by atoms with Crippen molar-refractivity contribution in [3.8, 4) is 0 Å². The van der Waals surface area contributed by atoms with Crippen LogP contribution in [0, 0.1) is 0 Å². The molecule has 0 aromatic heterocycles. The summed E-state index contributed by atoms with van der Waals surface area (Å²) in [5.41, 5.74) is 1.25. The molecular weight excluding hydrogens is 168 g/mol. The first-order valence-electron chi connectivity index (χ1n) is 4.65. The lowest BCUT2D eigenvalue weighted by atomic mass is 10.2. The van der Waals surface area contributed by atoms with Gasteiger partial charge in [-0.25, -0.2) is 0 Å². The van der Waals surface area contributed by atoms with E-state index in [1.54, 1.807) is 0 Å². The summed E-state index contributed by atoms with van der Waals surface area (Å²) in [5, 5.41) is 0.745. The Bertz CT molecular complexity index is 144. The van der Waals surface area contributed by atoms with Crippen molar-refractivity contribution in [1.29, 1.82) is 0 Å². The second kappa shape index (κ2) is 5.52. The van der Waals surface area contributed by atoms with Crippen molar-refractivity contribution in [3.63, 3.8) is 0 Å². The molecule has 0 radical (unpaired) electrons. The fourth-order valence-electron chi connectivity index (χ4n) is 1.26. The highest BCUT2D eigenvalue weighted by molar-refractivity contribution is 7.99. The second-order valence-corrected chi connectivity index (χ2v) is 4.93. The van der Waals surface area contributed by atoms with E-state index in [2.05, 4.69) is 25.6 Å². The summed E-state index contributed by atoms with van der Waals surface area (Å²) in [7, 11) is 0. The highest BCUT2D eigenvalue weighted by atomic mass is 32.2. The van der Waals surface area contributed by atoms with Gasteiger partial charge in [0.1, 0.15) is 0 Å². The molecule has 1 unspecified atom stereocenters. The Labute approximate surface area is 79.6 Å². The molecule has 0 spiro atoms. The molecule has 0 bridgehead atoms. The van der Waals surface area contributed by atoms with E-state index < -0.39 is 0 Å². The van der Waals surface area contributed by atoms with Crippen molar-refractivity contribution in [2.45, 2.75) is 38.4 Å². The maximum atomic E-state index is 5.45. The summed E-state index contributed by atoms with van der Waals surface area (Å²) in [6.07, 6.45) is 5.98. The molecule has 0 amide bonds. The highest BCUT2D eigenvalue weighted by Crippen LogP contribution is 2.25. The van der Waals surface area contributed by atoms with Gasteiger partial charge in [-0.15, -0.1) is 0 Å². The summed E-state index contributed by atoms with van der Waals surface area (Å²) in [4.78, 5) is 0. The van der Waals surface area contributed by atoms with Crippen molar-refractivity contribution in [2.75, 3.05) is 12.4 Å². The second-order valence-electron chi connectivity index (χ2n) is 3.52. The molecular formula is C10H18OS. The van der Waals surface area contributed by atoms with Crippen LogP contribution in [0.25, 0.3) is 0 Å². The van der Waals surface area contributed by atoms with E-state index in [0.717, 1.165) is 11.9 Å². The van der Waals surface area contributed by atoms with Crippen LogP contribution >= 0.6 is 11.8 Å². The van der Waals surface area contributed by atoms with Gasteiger partial charge in [-0.05, 0) is 38.0 Å². The molecule has 0 saturated carbocycles. The van der Waals surface area contributed by atoms with Crippen LogP contribution in [0.3, 0.4) is 0 Å². The van der Waals surface area contributed by atoms with Gasteiger partial charge < -0.3 is 4.74 Å².